The Bertz CT molecular complexity index is 861. The first-order valence-electron chi connectivity index (χ1n) is 8.54. The molecule has 0 bridgehead atoms. The third-order valence-electron chi connectivity index (χ3n) is 4.98. The Morgan fingerprint density at radius 3 is 2.88 bits per heavy atom. The Kier molecular flexibility index (Phi) is 3.77. The molecule has 0 spiro atoms. The molecule has 1 aromatic carbocycles. The normalized spacial score (nSPS) is 17.9. The lowest BCUT2D eigenvalue weighted by Crippen LogP contribution is -2.36. The van der Waals surface area contributed by atoms with Gasteiger partial charge in [-0.2, -0.15) is 0 Å². The van der Waals surface area contributed by atoms with Crippen molar-refractivity contribution in [3.63, 3.8) is 0 Å². The molecule has 1 atom stereocenters. The van der Waals surface area contributed by atoms with Crippen LogP contribution in [0.1, 0.15) is 35.7 Å². The van der Waals surface area contributed by atoms with Gasteiger partial charge in [0.25, 0.3) is 0 Å². The predicted molar refractivity (Wildman–Crippen MR) is 94.7 cm³/mol. The van der Waals surface area contributed by atoms with Gasteiger partial charge in [-0.05, 0) is 45.0 Å². The molecule has 3 aromatic rings. The summed E-state index contributed by atoms with van der Waals surface area (Å²) in [4.78, 5) is 7.25. The number of aryl methyl sites for hydroxylation is 2. The summed E-state index contributed by atoms with van der Waals surface area (Å²) >= 11 is 0. The maximum Gasteiger partial charge on any atom is 0.226 e. The summed E-state index contributed by atoms with van der Waals surface area (Å²) < 4.78 is 8.29. The molecule has 0 N–H and O–H groups in total. The zero-order chi connectivity index (χ0) is 16.7. The van der Waals surface area contributed by atoms with E-state index in [0.29, 0.717) is 6.04 Å². The summed E-state index contributed by atoms with van der Waals surface area (Å²) in [6.45, 7) is 9.27. The van der Waals surface area contributed by atoms with Gasteiger partial charge in [0.2, 0.25) is 5.89 Å². The van der Waals surface area contributed by atoms with Gasteiger partial charge in [0.1, 0.15) is 5.76 Å². The quantitative estimate of drug-likeness (QED) is 0.720. The van der Waals surface area contributed by atoms with E-state index in [1.54, 1.807) is 0 Å². The van der Waals surface area contributed by atoms with E-state index >= 15 is 0 Å². The Balaban J connectivity index is 1.58. The molecule has 24 heavy (non-hydrogen) atoms. The maximum atomic E-state index is 5.94. The minimum Gasteiger partial charge on any atom is -0.441 e. The van der Waals surface area contributed by atoms with E-state index in [9.17, 15) is 0 Å². The number of hydrogen-bond donors (Lipinski definition) is 0. The molecule has 4 rings (SSSR count). The number of nitrogens with zero attached hydrogens (tertiary/aromatic N) is 3. The highest BCUT2D eigenvalue weighted by molar-refractivity contribution is 5.54. The van der Waals surface area contributed by atoms with Crippen molar-refractivity contribution in [1.82, 2.24) is 14.5 Å². The second kappa shape index (κ2) is 5.95. The Hall–Kier alpha value is -2.33. The Morgan fingerprint density at radius 1 is 1.17 bits per heavy atom. The van der Waals surface area contributed by atoms with Crippen LogP contribution in [0.5, 0.6) is 0 Å². The van der Waals surface area contributed by atoms with Gasteiger partial charge in [-0.1, -0.05) is 17.7 Å². The fraction of sp³-hybridized carbons (Fsp3) is 0.350. The van der Waals surface area contributed by atoms with Crippen LogP contribution < -0.4 is 0 Å². The van der Waals surface area contributed by atoms with Crippen LogP contribution in [0.4, 0.5) is 0 Å². The van der Waals surface area contributed by atoms with Crippen molar-refractivity contribution in [2.75, 3.05) is 6.54 Å². The van der Waals surface area contributed by atoms with Crippen molar-refractivity contribution >= 4 is 0 Å². The lowest BCUT2D eigenvalue weighted by atomic mass is 10.1. The number of oxazole rings is 1. The topological polar surface area (TPSA) is 34.2 Å². The summed E-state index contributed by atoms with van der Waals surface area (Å²) in [7, 11) is 0. The maximum absolute atomic E-state index is 5.94. The van der Waals surface area contributed by atoms with E-state index in [1.165, 1.54) is 11.3 Å². The molecule has 124 valence electrons. The van der Waals surface area contributed by atoms with Crippen LogP contribution in [-0.4, -0.2) is 21.0 Å². The second-order valence-electron chi connectivity index (χ2n) is 6.66. The van der Waals surface area contributed by atoms with E-state index < -0.39 is 0 Å². The first kappa shape index (κ1) is 15.2. The summed E-state index contributed by atoms with van der Waals surface area (Å²) in [5.74, 6) is 1.64. The number of hydrogen-bond acceptors (Lipinski definition) is 3. The number of benzene rings is 1. The number of fused-ring (bicyclic) bond motifs is 1. The molecular weight excluding hydrogens is 298 g/mol. The molecule has 0 radical (unpaired) electrons. The van der Waals surface area contributed by atoms with Crippen molar-refractivity contribution < 1.29 is 4.42 Å². The highest BCUT2D eigenvalue weighted by Gasteiger charge is 2.25. The fourth-order valence-electron chi connectivity index (χ4n) is 3.51. The molecule has 3 heterocycles. The summed E-state index contributed by atoms with van der Waals surface area (Å²) in [6.07, 6.45) is 2.17. The van der Waals surface area contributed by atoms with E-state index in [4.69, 9.17) is 9.40 Å². The molecule has 4 nitrogen and oxygen atoms in total. The van der Waals surface area contributed by atoms with Gasteiger partial charge >= 0.3 is 0 Å². The third-order valence-corrected chi connectivity index (χ3v) is 4.98. The zero-order valence-electron chi connectivity index (χ0n) is 14.5. The lowest BCUT2D eigenvalue weighted by molar-refractivity contribution is 0.158. The molecule has 4 heteroatoms. The standard InChI is InChI=1S/C20H23N3O/c1-14-6-4-7-17(12-14)20-21-18(16(3)24-20)13-23-11-10-22-9-5-8-19(22)15(23)2/h4-9,12,15H,10-11,13H2,1-3H3/t15-/m1/s1. The van der Waals surface area contributed by atoms with Crippen molar-refractivity contribution in [3.8, 4) is 11.5 Å². The summed E-state index contributed by atoms with van der Waals surface area (Å²) in [5.41, 5.74) is 4.68. The fourth-order valence-corrected chi connectivity index (χ4v) is 3.51. The molecule has 0 saturated carbocycles. The largest absolute Gasteiger partial charge is 0.441 e. The molecule has 0 aliphatic carbocycles. The summed E-state index contributed by atoms with van der Waals surface area (Å²) in [5, 5.41) is 0. The SMILES string of the molecule is Cc1cccc(-c2nc(CN3CCn4cccc4[C@H]3C)c(C)o2)c1. The third kappa shape index (κ3) is 2.67. The van der Waals surface area contributed by atoms with Crippen LogP contribution in [-0.2, 0) is 13.1 Å². The molecule has 1 aliphatic heterocycles. The molecular formula is C20H23N3O. The summed E-state index contributed by atoms with van der Waals surface area (Å²) in [6, 6.07) is 13.0. The highest BCUT2D eigenvalue weighted by atomic mass is 16.4. The average Bonchev–Trinajstić information content (AvgIpc) is 3.18. The first-order valence-corrected chi connectivity index (χ1v) is 8.54. The van der Waals surface area contributed by atoms with E-state index in [0.717, 1.165) is 42.5 Å². The van der Waals surface area contributed by atoms with Crippen LogP contribution in [0.2, 0.25) is 0 Å². The Labute approximate surface area is 142 Å². The van der Waals surface area contributed by atoms with Gasteiger partial charge in [-0.3, -0.25) is 4.90 Å². The molecule has 1 aliphatic rings. The lowest BCUT2D eigenvalue weighted by Gasteiger charge is -2.34. The van der Waals surface area contributed by atoms with E-state index in [2.05, 4.69) is 59.8 Å². The molecule has 0 unspecified atom stereocenters. The zero-order valence-corrected chi connectivity index (χ0v) is 14.5. The monoisotopic (exact) mass is 321 g/mol. The van der Waals surface area contributed by atoms with Gasteiger partial charge < -0.3 is 8.98 Å². The molecule has 0 fully saturated rings. The van der Waals surface area contributed by atoms with Crippen molar-refractivity contribution in [2.45, 2.75) is 39.9 Å². The van der Waals surface area contributed by atoms with E-state index in [-0.39, 0.29) is 0 Å². The number of rotatable bonds is 3. The molecule has 0 amide bonds. The molecule has 0 saturated heterocycles. The minimum atomic E-state index is 0.396. The second-order valence-corrected chi connectivity index (χ2v) is 6.66. The van der Waals surface area contributed by atoms with Crippen LogP contribution in [0.25, 0.3) is 11.5 Å². The first-order chi connectivity index (χ1) is 11.6. The van der Waals surface area contributed by atoms with Crippen LogP contribution >= 0.6 is 0 Å². The van der Waals surface area contributed by atoms with Gasteiger partial charge in [0, 0.05) is 43.1 Å². The van der Waals surface area contributed by atoms with Gasteiger partial charge in [-0.25, -0.2) is 4.98 Å². The van der Waals surface area contributed by atoms with Crippen LogP contribution in [0.3, 0.4) is 0 Å². The average molecular weight is 321 g/mol. The smallest absolute Gasteiger partial charge is 0.226 e. The van der Waals surface area contributed by atoms with Gasteiger partial charge in [-0.15, -0.1) is 0 Å². The van der Waals surface area contributed by atoms with E-state index in [1.807, 2.05) is 13.0 Å². The van der Waals surface area contributed by atoms with Crippen LogP contribution in [0.15, 0.2) is 47.0 Å². The molecule has 2 aromatic heterocycles. The van der Waals surface area contributed by atoms with Crippen molar-refractivity contribution in [2.24, 2.45) is 0 Å². The van der Waals surface area contributed by atoms with Gasteiger partial charge in [0.05, 0.1) is 5.69 Å². The minimum absolute atomic E-state index is 0.396. The predicted octanol–water partition coefficient (Wildman–Crippen LogP) is 4.34. The Morgan fingerprint density at radius 2 is 2.04 bits per heavy atom. The van der Waals surface area contributed by atoms with Crippen LogP contribution in [0, 0.1) is 13.8 Å². The van der Waals surface area contributed by atoms with Crippen molar-refractivity contribution in [1.29, 1.82) is 0 Å². The van der Waals surface area contributed by atoms with Crippen molar-refractivity contribution in [3.05, 3.63) is 65.3 Å². The number of aromatic nitrogens is 2. The highest BCUT2D eigenvalue weighted by Crippen LogP contribution is 2.29. The van der Waals surface area contributed by atoms with Gasteiger partial charge in [0.15, 0.2) is 0 Å².